The number of hydrogen-bond acceptors (Lipinski definition) is 4. The van der Waals surface area contributed by atoms with Gasteiger partial charge in [0.05, 0.1) is 14.2 Å². The third-order valence-corrected chi connectivity index (χ3v) is 2.71. The topological polar surface area (TPSA) is 55.8 Å². The molecule has 19 heavy (non-hydrogen) atoms. The van der Waals surface area contributed by atoms with E-state index in [1.165, 1.54) is 26.4 Å². The van der Waals surface area contributed by atoms with Crippen LogP contribution in [0.5, 0.6) is 0 Å². The molecule has 1 aromatic rings. The third kappa shape index (κ3) is 4.24. The zero-order chi connectivity index (χ0) is 14.3. The summed E-state index contributed by atoms with van der Waals surface area (Å²) in [5.74, 6) is -0.222. The van der Waals surface area contributed by atoms with E-state index >= 15 is 0 Å². The molecule has 0 spiro atoms. The Morgan fingerprint density at radius 3 is 2.63 bits per heavy atom. The molecule has 0 radical (unpaired) electrons. The summed E-state index contributed by atoms with van der Waals surface area (Å²) < 4.78 is 21.4. The lowest BCUT2D eigenvalue weighted by Gasteiger charge is -2.27. The first kappa shape index (κ1) is 14.9. The Morgan fingerprint density at radius 2 is 2.05 bits per heavy atom. The minimum atomic E-state index is -0.329. The highest BCUT2D eigenvalue weighted by atomic mass is 19.1. The molecule has 0 fully saturated rings. The molecule has 1 aliphatic rings. The van der Waals surface area contributed by atoms with Crippen molar-refractivity contribution < 1.29 is 23.5 Å². The van der Waals surface area contributed by atoms with E-state index in [0.29, 0.717) is 26.0 Å². The van der Waals surface area contributed by atoms with E-state index in [1.54, 1.807) is 11.0 Å². The fourth-order valence-corrected chi connectivity index (χ4v) is 1.81. The lowest BCUT2D eigenvalue weighted by Crippen LogP contribution is -2.35. The molecular formula is C13H16FNO4. The van der Waals surface area contributed by atoms with Crippen molar-refractivity contribution in [1.29, 1.82) is 0 Å². The monoisotopic (exact) mass is 269 g/mol. The summed E-state index contributed by atoms with van der Waals surface area (Å²) in [5.41, 5.74) is 1.98. The molecule has 0 saturated heterocycles. The second-order valence-electron chi connectivity index (χ2n) is 3.89. The van der Waals surface area contributed by atoms with Gasteiger partial charge in [-0.3, -0.25) is 4.79 Å². The van der Waals surface area contributed by atoms with E-state index in [-0.39, 0.29) is 11.9 Å². The largest absolute Gasteiger partial charge is 0.471 e. The van der Waals surface area contributed by atoms with E-state index in [4.69, 9.17) is 4.79 Å². The minimum absolute atomic E-state index is 0.222. The van der Waals surface area contributed by atoms with Crippen LogP contribution in [0.1, 0.15) is 11.1 Å². The van der Waals surface area contributed by atoms with Gasteiger partial charge in [0.1, 0.15) is 5.82 Å². The van der Waals surface area contributed by atoms with Crippen LogP contribution in [-0.2, 0) is 27.2 Å². The Bertz CT molecular complexity index is 450. The maximum atomic E-state index is 12.9. The molecule has 0 saturated carbocycles. The fraction of sp³-hybridized carbons (Fsp3) is 0.385. The summed E-state index contributed by atoms with van der Waals surface area (Å²) >= 11 is 0. The highest BCUT2D eigenvalue weighted by Crippen LogP contribution is 2.20. The molecule has 0 aliphatic carbocycles. The van der Waals surface area contributed by atoms with Gasteiger partial charge in [-0.05, 0) is 29.7 Å². The van der Waals surface area contributed by atoms with Crippen molar-refractivity contribution in [3.8, 4) is 0 Å². The van der Waals surface area contributed by atoms with Crippen LogP contribution in [0.4, 0.5) is 9.18 Å². The Hall–Kier alpha value is -2.11. The van der Waals surface area contributed by atoms with Gasteiger partial charge in [0.25, 0.3) is 6.47 Å². The normalized spacial score (nSPS) is 12.7. The van der Waals surface area contributed by atoms with Gasteiger partial charge < -0.3 is 14.4 Å². The second-order valence-corrected chi connectivity index (χ2v) is 3.89. The molecule has 2 rings (SSSR count). The molecule has 0 unspecified atom stereocenters. The van der Waals surface area contributed by atoms with Crippen molar-refractivity contribution in [2.45, 2.75) is 13.0 Å². The van der Waals surface area contributed by atoms with Gasteiger partial charge in [0.2, 0.25) is 0 Å². The van der Waals surface area contributed by atoms with Crippen LogP contribution in [0.3, 0.4) is 0 Å². The van der Waals surface area contributed by atoms with Crippen LogP contribution in [-0.4, -0.2) is 38.2 Å². The molecule has 1 amide bonds. The number of fused-ring (bicyclic) bond motifs is 1. The summed E-state index contributed by atoms with van der Waals surface area (Å²) in [6.45, 7) is 1.46. The first-order valence-corrected chi connectivity index (χ1v) is 5.69. The van der Waals surface area contributed by atoms with E-state index in [2.05, 4.69) is 9.47 Å². The Morgan fingerprint density at radius 1 is 1.37 bits per heavy atom. The fourth-order valence-electron chi connectivity index (χ4n) is 1.81. The van der Waals surface area contributed by atoms with Gasteiger partial charge in [-0.25, -0.2) is 9.18 Å². The molecule has 1 aromatic carbocycles. The van der Waals surface area contributed by atoms with Crippen molar-refractivity contribution in [1.82, 2.24) is 4.90 Å². The predicted octanol–water partition coefficient (Wildman–Crippen LogP) is 1.74. The number of benzene rings is 1. The van der Waals surface area contributed by atoms with E-state index in [9.17, 15) is 9.18 Å². The van der Waals surface area contributed by atoms with Crippen LogP contribution >= 0.6 is 0 Å². The van der Waals surface area contributed by atoms with E-state index in [0.717, 1.165) is 11.1 Å². The maximum absolute atomic E-state index is 12.9. The Labute approximate surface area is 110 Å². The number of hydrogen-bond donors (Lipinski definition) is 0. The number of nitrogens with zero attached hydrogens (tertiary/aromatic N) is 1. The number of carbonyl (C=O) groups excluding carboxylic acids is 2. The summed E-state index contributed by atoms with van der Waals surface area (Å²) in [6.07, 6.45) is 0.354. The van der Waals surface area contributed by atoms with Crippen LogP contribution in [0.15, 0.2) is 18.2 Å². The standard InChI is InChI=1S/C11H12FNO2.C2H4O2/c1-15-11(14)13-5-4-8-6-10(12)3-2-9(8)7-13;1-4-2-3/h2-3,6H,4-5,7H2,1H3;2H,1H3. The van der Waals surface area contributed by atoms with Gasteiger partial charge in [-0.1, -0.05) is 6.07 Å². The Kier molecular flexibility index (Phi) is 5.78. The molecule has 1 aliphatic heterocycles. The summed E-state index contributed by atoms with van der Waals surface area (Å²) in [6, 6.07) is 4.67. The highest BCUT2D eigenvalue weighted by molar-refractivity contribution is 5.68. The van der Waals surface area contributed by atoms with Gasteiger partial charge in [-0.15, -0.1) is 0 Å². The van der Waals surface area contributed by atoms with E-state index < -0.39 is 0 Å². The van der Waals surface area contributed by atoms with E-state index in [1.807, 2.05) is 0 Å². The number of methoxy groups -OCH3 is 2. The number of amides is 1. The molecule has 5 nitrogen and oxygen atoms in total. The molecular weight excluding hydrogens is 253 g/mol. The third-order valence-electron chi connectivity index (χ3n) is 2.71. The molecule has 104 valence electrons. The average molecular weight is 269 g/mol. The van der Waals surface area contributed by atoms with Gasteiger partial charge in [0, 0.05) is 13.1 Å². The molecule has 0 bridgehead atoms. The number of carbonyl (C=O) groups is 2. The van der Waals surface area contributed by atoms with Crippen molar-refractivity contribution in [2.24, 2.45) is 0 Å². The SMILES string of the molecule is COC(=O)N1CCc2cc(F)ccc2C1.COC=O. The first-order valence-electron chi connectivity index (χ1n) is 5.69. The van der Waals surface area contributed by atoms with Gasteiger partial charge in [0.15, 0.2) is 0 Å². The number of halogens is 1. The highest BCUT2D eigenvalue weighted by Gasteiger charge is 2.20. The molecule has 1 heterocycles. The van der Waals surface area contributed by atoms with Crippen molar-refractivity contribution in [3.63, 3.8) is 0 Å². The quantitative estimate of drug-likeness (QED) is 0.729. The molecule has 0 N–H and O–H groups in total. The van der Waals surface area contributed by atoms with Crippen LogP contribution < -0.4 is 0 Å². The van der Waals surface area contributed by atoms with Crippen molar-refractivity contribution in [2.75, 3.05) is 20.8 Å². The van der Waals surface area contributed by atoms with Gasteiger partial charge in [-0.2, -0.15) is 0 Å². The zero-order valence-corrected chi connectivity index (χ0v) is 10.9. The Balaban J connectivity index is 0.000000399. The summed E-state index contributed by atoms with van der Waals surface area (Å²) in [5, 5.41) is 0. The summed E-state index contributed by atoms with van der Waals surface area (Å²) in [7, 11) is 2.68. The molecule has 0 atom stereocenters. The first-order chi connectivity index (χ1) is 9.12. The predicted molar refractivity (Wildman–Crippen MR) is 66.0 cm³/mol. The minimum Gasteiger partial charge on any atom is -0.471 e. The maximum Gasteiger partial charge on any atom is 0.409 e. The molecule has 6 heteroatoms. The summed E-state index contributed by atoms with van der Waals surface area (Å²) in [4.78, 5) is 21.8. The number of ether oxygens (including phenoxy) is 2. The van der Waals surface area contributed by atoms with Crippen LogP contribution in [0.2, 0.25) is 0 Å². The second kappa shape index (κ2) is 7.35. The molecule has 0 aromatic heterocycles. The lowest BCUT2D eigenvalue weighted by atomic mass is 10.00. The van der Waals surface area contributed by atoms with Crippen molar-refractivity contribution >= 4 is 12.6 Å². The smallest absolute Gasteiger partial charge is 0.409 e. The number of rotatable bonds is 1. The van der Waals surface area contributed by atoms with Crippen LogP contribution in [0, 0.1) is 5.82 Å². The zero-order valence-electron chi connectivity index (χ0n) is 10.9. The lowest BCUT2D eigenvalue weighted by molar-refractivity contribution is -0.126. The van der Waals surface area contributed by atoms with Gasteiger partial charge >= 0.3 is 6.09 Å². The van der Waals surface area contributed by atoms with Crippen LogP contribution in [0.25, 0.3) is 0 Å². The average Bonchev–Trinajstić information content (AvgIpc) is 2.46. The van der Waals surface area contributed by atoms with Crippen molar-refractivity contribution in [3.05, 3.63) is 35.1 Å².